The SMILES string of the molecule is Cc1cc(C)c(C(=O)COC(=O)C2CCN(C(=O)C(C)(C)C)CC2)c(C)c1. The lowest BCUT2D eigenvalue weighted by atomic mass is 9.91. The number of piperidine rings is 1. The van der Waals surface area contributed by atoms with E-state index in [-0.39, 0.29) is 30.2 Å². The van der Waals surface area contributed by atoms with Crippen LogP contribution >= 0.6 is 0 Å². The normalized spacial score (nSPS) is 15.6. The summed E-state index contributed by atoms with van der Waals surface area (Å²) in [6.45, 7) is 12.4. The number of Topliss-reactive ketones (excluding diaryl/α,β-unsaturated/α-hetero) is 1. The molecule has 27 heavy (non-hydrogen) atoms. The standard InChI is InChI=1S/C22H31NO4/c1-14-11-15(2)19(16(3)12-14)18(24)13-27-20(25)17-7-9-23(10-8-17)21(26)22(4,5)6/h11-12,17H,7-10,13H2,1-6H3. The van der Waals surface area contributed by atoms with E-state index in [0.29, 0.717) is 31.5 Å². The van der Waals surface area contributed by atoms with Gasteiger partial charge in [-0.15, -0.1) is 0 Å². The number of nitrogens with zero attached hydrogens (tertiary/aromatic N) is 1. The fourth-order valence-corrected chi connectivity index (χ4v) is 3.74. The van der Waals surface area contributed by atoms with E-state index in [1.165, 1.54) is 0 Å². The number of likely N-dealkylation sites (tertiary alicyclic amines) is 1. The number of rotatable bonds is 4. The summed E-state index contributed by atoms with van der Waals surface area (Å²) in [5, 5.41) is 0. The van der Waals surface area contributed by atoms with Gasteiger partial charge in [0.05, 0.1) is 5.92 Å². The fraction of sp³-hybridized carbons (Fsp3) is 0.591. The molecule has 0 unspecified atom stereocenters. The molecular formula is C22H31NO4. The summed E-state index contributed by atoms with van der Waals surface area (Å²) in [4.78, 5) is 39.0. The Kier molecular flexibility index (Phi) is 6.45. The van der Waals surface area contributed by atoms with Crippen LogP contribution in [0.4, 0.5) is 0 Å². The smallest absolute Gasteiger partial charge is 0.309 e. The van der Waals surface area contributed by atoms with Gasteiger partial charge < -0.3 is 9.64 Å². The summed E-state index contributed by atoms with van der Waals surface area (Å²) in [6, 6.07) is 3.92. The average Bonchev–Trinajstić information content (AvgIpc) is 2.57. The van der Waals surface area contributed by atoms with Crippen LogP contribution in [0.5, 0.6) is 0 Å². The molecule has 0 aromatic heterocycles. The van der Waals surface area contributed by atoms with Crippen LogP contribution in [0.3, 0.4) is 0 Å². The number of hydrogen-bond acceptors (Lipinski definition) is 4. The molecule has 1 amide bonds. The third-order valence-electron chi connectivity index (χ3n) is 5.06. The molecule has 2 rings (SSSR count). The first-order chi connectivity index (χ1) is 12.5. The molecule has 0 atom stereocenters. The van der Waals surface area contributed by atoms with E-state index in [2.05, 4.69) is 0 Å². The van der Waals surface area contributed by atoms with Crippen molar-refractivity contribution >= 4 is 17.7 Å². The number of ether oxygens (including phenoxy) is 1. The third kappa shape index (κ3) is 5.18. The second-order valence-corrected chi connectivity index (χ2v) is 8.62. The Labute approximate surface area is 162 Å². The first kappa shape index (κ1) is 21.1. The number of amides is 1. The molecule has 1 fully saturated rings. The molecule has 1 aromatic carbocycles. The Balaban J connectivity index is 1.89. The van der Waals surface area contributed by atoms with Gasteiger partial charge in [-0.1, -0.05) is 38.5 Å². The first-order valence-electron chi connectivity index (χ1n) is 9.57. The monoisotopic (exact) mass is 373 g/mol. The minimum absolute atomic E-state index is 0.106. The molecular weight excluding hydrogens is 342 g/mol. The number of hydrogen-bond donors (Lipinski definition) is 0. The van der Waals surface area contributed by atoms with Crippen LogP contribution in [0.1, 0.15) is 60.7 Å². The van der Waals surface area contributed by atoms with Crippen molar-refractivity contribution in [3.05, 3.63) is 34.4 Å². The van der Waals surface area contributed by atoms with E-state index in [1.54, 1.807) is 0 Å². The average molecular weight is 373 g/mol. The molecule has 0 bridgehead atoms. The van der Waals surface area contributed by atoms with E-state index in [4.69, 9.17) is 4.74 Å². The zero-order valence-electron chi connectivity index (χ0n) is 17.3. The van der Waals surface area contributed by atoms with Gasteiger partial charge in [0.2, 0.25) is 11.7 Å². The summed E-state index contributed by atoms with van der Waals surface area (Å²) < 4.78 is 5.31. The van der Waals surface area contributed by atoms with Gasteiger partial charge in [-0.2, -0.15) is 0 Å². The largest absolute Gasteiger partial charge is 0.457 e. The van der Waals surface area contributed by atoms with Gasteiger partial charge in [0.1, 0.15) is 0 Å². The zero-order valence-corrected chi connectivity index (χ0v) is 17.3. The minimum atomic E-state index is -0.413. The van der Waals surface area contributed by atoms with E-state index in [9.17, 15) is 14.4 Å². The van der Waals surface area contributed by atoms with Crippen molar-refractivity contribution < 1.29 is 19.1 Å². The van der Waals surface area contributed by atoms with E-state index >= 15 is 0 Å². The van der Waals surface area contributed by atoms with Crippen LogP contribution in [0.15, 0.2) is 12.1 Å². The lowest BCUT2D eigenvalue weighted by Gasteiger charge is -2.34. The summed E-state index contributed by atoms with van der Waals surface area (Å²) in [7, 11) is 0. The molecule has 1 heterocycles. The molecule has 0 N–H and O–H groups in total. The topological polar surface area (TPSA) is 63.7 Å². The number of benzene rings is 1. The molecule has 0 radical (unpaired) electrons. The Morgan fingerprint density at radius 2 is 1.56 bits per heavy atom. The maximum atomic E-state index is 12.5. The van der Waals surface area contributed by atoms with Gasteiger partial charge >= 0.3 is 5.97 Å². The predicted molar refractivity (Wildman–Crippen MR) is 105 cm³/mol. The van der Waals surface area contributed by atoms with Gasteiger partial charge in [0.25, 0.3) is 0 Å². The molecule has 1 saturated heterocycles. The number of carbonyl (C=O) groups excluding carboxylic acids is 3. The minimum Gasteiger partial charge on any atom is -0.457 e. The van der Waals surface area contributed by atoms with Crippen LogP contribution < -0.4 is 0 Å². The second-order valence-electron chi connectivity index (χ2n) is 8.62. The second kappa shape index (κ2) is 8.24. The van der Waals surface area contributed by atoms with E-state index in [0.717, 1.165) is 16.7 Å². The van der Waals surface area contributed by atoms with Gasteiger partial charge in [-0.05, 0) is 44.7 Å². The molecule has 1 aliphatic rings. The Hall–Kier alpha value is -2.17. The van der Waals surface area contributed by atoms with Crippen molar-refractivity contribution in [1.82, 2.24) is 4.90 Å². The number of aryl methyl sites for hydroxylation is 3. The number of esters is 1. The van der Waals surface area contributed by atoms with E-state index < -0.39 is 5.41 Å². The summed E-state index contributed by atoms with van der Waals surface area (Å²) >= 11 is 0. The van der Waals surface area contributed by atoms with Crippen molar-refractivity contribution in [2.24, 2.45) is 11.3 Å². The molecule has 148 valence electrons. The lowest BCUT2D eigenvalue weighted by Crippen LogP contribution is -2.45. The molecule has 0 aliphatic carbocycles. The first-order valence-corrected chi connectivity index (χ1v) is 9.57. The molecule has 0 spiro atoms. The van der Waals surface area contributed by atoms with Crippen molar-refractivity contribution in [2.75, 3.05) is 19.7 Å². The summed E-state index contributed by atoms with van der Waals surface area (Å²) in [5.41, 5.74) is 3.14. The summed E-state index contributed by atoms with van der Waals surface area (Å²) in [6.07, 6.45) is 1.16. The van der Waals surface area contributed by atoms with E-state index in [1.807, 2.05) is 58.6 Å². The highest BCUT2D eigenvalue weighted by atomic mass is 16.5. The molecule has 1 aromatic rings. The highest BCUT2D eigenvalue weighted by Gasteiger charge is 2.33. The summed E-state index contributed by atoms with van der Waals surface area (Å²) in [5.74, 6) is -0.649. The van der Waals surface area contributed by atoms with Crippen LogP contribution in [-0.2, 0) is 14.3 Å². The Morgan fingerprint density at radius 1 is 1.04 bits per heavy atom. The molecule has 0 saturated carbocycles. The van der Waals surface area contributed by atoms with Crippen molar-refractivity contribution in [3.63, 3.8) is 0 Å². The van der Waals surface area contributed by atoms with Gasteiger partial charge in [-0.3, -0.25) is 14.4 Å². The lowest BCUT2D eigenvalue weighted by molar-refractivity contribution is -0.152. The van der Waals surface area contributed by atoms with Crippen molar-refractivity contribution in [2.45, 2.75) is 54.4 Å². The maximum absolute atomic E-state index is 12.5. The zero-order chi connectivity index (χ0) is 20.4. The van der Waals surface area contributed by atoms with Gasteiger partial charge in [0, 0.05) is 24.1 Å². The van der Waals surface area contributed by atoms with Crippen LogP contribution in [-0.4, -0.2) is 42.3 Å². The molecule has 5 nitrogen and oxygen atoms in total. The number of carbonyl (C=O) groups is 3. The Bertz CT molecular complexity index is 714. The fourth-order valence-electron chi connectivity index (χ4n) is 3.74. The van der Waals surface area contributed by atoms with Crippen molar-refractivity contribution in [3.8, 4) is 0 Å². The Morgan fingerprint density at radius 3 is 2.04 bits per heavy atom. The highest BCUT2D eigenvalue weighted by molar-refractivity contribution is 6.00. The van der Waals surface area contributed by atoms with Gasteiger partial charge in [-0.25, -0.2) is 0 Å². The third-order valence-corrected chi connectivity index (χ3v) is 5.06. The highest BCUT2D eigenvalue weighted by Crippen LogP contribution is 2.24. The van der Waals surface area contributed by atoms with Gasteiger partial charge in [0.15, 0.2) is 6.61 Å². The number of ketones is 1. The molecule has 5 heteroatoms. The quantitative estimate of drug-likeness (QED) is 0.597. The maximum Gasteiger partial charge on any atom is 0.309 e. The predicted octanol–water partition coefficient (Wildman–Crippen LogP) is 3.62. The van der Waals surface area contributed by atoms with Crippen LogP contribution in [0, 0.1) is 32.1 Å². The molecule has 1 aliphatic heterocycles. The van der Waals surface area contributed by atoms with Crippen molar-refractivity contribution in [1.29, 1.82) is 0 Å². The van der Waals surface area contributed by atoms with Crippen LogP contribution in [0.25, 0.3) is 0 Å². The van der Waals surface area contributed by atoms with Crippen LogP contribution in [0.2, 0.25) is 0 Å².